The van der Waals surface area contributed by atoms with E-state index in [1.807, 2.05) is 6.07 Å². The predicted molar refractivity (Wildman–Crippen MR) is 59.8 cm³/mol. The second-order valence-corrected chi connectivity index (χ2v) is 3.77. The summed E-state index contributed by atoms with van der Waals surface area (Å²) in [6.07, 6.45) is 0. The normalized spacial score (nSPS) is 10.1. The number of methoxy groups -OCH3 is 1. The Bertz CT molecular complexity index is 612. The molecule has 0 saturated heterocycles. The monoisotopic (exact) mass is 279 g/mol. The Morgan fingerprint density at radius 2 is 2.38 bits per heavy atom. The number of hydrogen-bond donors (Lipinski definition) is 1. The van der Waals surface area contributed by atoms with Gasteiger partial charge in [0.2, 0.25) is 0 Å². The van der Waals surface area contributed by atoms with Crippen molar-refractivity contribution in [1.82, 2.24) is 9.97 Å². The molecule has 80 valence electrons. The summed E-state index contributed by atoms with van der Waals surface area (Å²) in [4.78, 5) is 18.4. The molecular formula is C10H6BrN3O2. The molecule has 0 aliphatic carbocycles. The van der Waals surface area contributed by atoms with Crippen LogP contribution in [0.2, 0.25) is 0 Å². The van der Waals surface area contributed by atoms with Crippen molar-refractivity contribution in [2.45, 2.75) is 0 Å². The molecule has 6 heteroatoms. The molecule has 0 saturated carbocycles. The highest BCUT2D eigenvalue weighted by atomic mass is 79.9. The molecule has 1 aromatic carbocycles. The van der Waals surface area contributed by atoms with E-state index in [0.717, 1.165) is 0 Å². The van der Waals surface area contributed by atoms with Crippen molar-refractivity contribution >= 4 is 32.9 Å². The first-order valence-corrected chi connectivity index (χ1v) is 5.13. The van der Waals surface area contributed by atoms with E-state index in [1.165, 1.54) is 13.2 Å². The largest absolute Gasteiger partial charge is 0.465 e. The maximum Gasteiger partial charge on any atom is 0.339 e. The maximum absolute atomic E-state index is 11.4. The van der Waals surface area contributed by atoms with Crippen molar-refractivity contribution in [3.05, 3.63) is 28.0 Å². The van der Waals surface area contributed by atoms with Crippen LogP contribution in [0.1, 0.15) is 15.9 Å². The zero-order valence-corrected chi connectivity index (χ0v) is 9.83. The van der Waals surface area contributed by atoms with Gasteiger partial charge in [0.15, 0.2) is 4.73 Å². The van der Waals surface area contributed by atoms with E-state index in [9.17, 15) is 4.79 Å². The standard InChI is InChI=1S/C10H6BrN3O2/c1-16-9(15)5-2-3-7-8(6(5)4-12)14-10(11)13-7/h2-3H,1H3,(H,13,14). The lowest BCUT2D eigenvalue weighted by Crippen LogP contribution is -2.04. The van der Waals surface area contributed by atoms with Crippen LogP contribution in [-0.4, -0.2) is 23.0 Å². The minimum atomic E-state index is -0.544. The number of imidazole rings is 1. The fourth-order valence-corrected chi connectivity index (χ4v) is 1.83. The summed E-state index contributed by atoms with van der Waals surface area (Å²) in [5.74, 6) is -0.544. The van der Waals surface area contributed by atoms with E-state index in [1.54, 1.807) is 6.07 Å². The van der Waals surface area contributed by atoms with Gasteiger partial charge < -0.3 is 9.72 Å². The van der Waals surface area contributed by atoms with Crippen LogP contribution >= 0.6 is 15.9 Å². The number of esters is 1. The molecule has 0 fully saturated rings. The van der Waals surface area contributed by atoms with Gasteiger partial charge in [-0.15, -0.1) is 0 Å². The van der Waals surface area contributed by atoms with Gasteiger partial charge >= 0.3 is 5.97 Å². The molecule has 0 aliphatic heterocycles. The van der Waals surface area contributed by atoms with Crippen LogP contribution in [0.25, 0.3) is 11.0 Å². The Morgan fingerprint density at radius 3 is 3.00 bits per heavy atom. The summed E-state index contributed by atoms with van der Waals surface area (Å²) in [5, 5.41) is 9.04. The number of H-pyrrole nitrogens is 1. The third kappa shape index (κ3) is 1.55. The first-order chi connectivity index (χ1) is 7.67. The van der Waals surface area contributed by atoms with Gasteiger partial charge in [0.05, 0.1) is 23.8 Å². The minimum Gasteiger partial charge on any atom is -0.465 e. The van der Waals surface area contributed by atoms with Gasteiger partial charge in [-0.1, -0.05) is 0 Å². The number of nitrogens with zero attached hydrogens (tertiary/aromatic N) is 2. The van der Waals surface area contributed by atoms with Crippen molar-refractivity contribution in [2.75, 3.05) is 7.11 Å². The highest BCUT2D eigenvalue weighted by molar-refractivity contribution is 9.10. The fraction of sp³-hybridized carbons (Fsp3) is 0.100. The first kappa shape index (κ1) is 10.6. The molecule has 1 N–H and O–H groups in total. The number of fused-ring (bicyclic) bond motifs is 1. The van der Waals surface area contributed by atoms with E-state index in [-0.39, 0.29) is 11.1 Å². The highest BCUT2D eigenvalue weighted by Crippen LogP contribution is 2.22. The summed E-state index contributed by atoms with van der Waals surface area (Å²) in [6.45, 7) is 0. The molecule has 0 aliphatic rings. The van der Waals surface area contributed by atoms with Crippen LogP contribution in [0.15, 0.2) is 16.9 Å². The molecule has 0 spiro atoms. The van der Waals surface area contributed by atoms with Crippen molar-refractivity contribution in [3.8, 4) is 6.07 Å². The van der Waals surface area contributed by atoms with Gasteiger partial charge in [0.25, 0.3) is 0 Å². The Kier molecular flexibility index (Phi) is 2.62. The van der Waals surface area contributed by atoms with E-state index in [4.69, 9.17) is 5.26 Å². The van der Waals surface area contributed by atoms with Crippen LogP contribution in [0.3, 0.4) is 0 Å². The topological polar surface area (TPSA) is 78.8 Å². The number of ether oxygens (including phenoxy) is 1. The number of nitrogens with one attached hydrogen (secondary N) is 1. The van der Waals surface area contributed by atoms with Gasteiger partial charge in [0.1, 0.15) is 11.6 Å². The third-order valence-corrected chi connectivity index (χ3v) is 2.52. The molecule has 0 unspecified atom stereocenters. The molecule has 0 radical (unpaired) electrons. The van der Waals surface area contributed by atoms with Gasteiger partial charge in [-0.25, -0.2) is 9.78 Å². The molecular weight excluding hydrogens is 274 g/mol. The molecule has 1 heterocycles. The number of nitriles is 1. The number of aromatic nitrogens is 2. The highest BCUT2D eigenvalue weighted by Gasteiger charge is 2.16. The summed E-state index contributed by atoms with van der Waals surface area (Å²) in [5.41, 5.74) is 1.58. The summed E-state index contributed by atoms with van der Waals surface area (Å²) in [7, 11) is 1.27. The molecule has 2 rings (SSSR count). The average Bonchev–Trinajstić information content (AvgIpc) is 2.66. The van der Waals surface area contributed by atoms with Crippen LogP contribution in [0, 0.1) is 11.3 Å². The number of benzene rings is 1. The summed E-state index contributed by atoms with van der Waals surface area (Å²) >= 11 is 3.17. The SMILES string of the molecule is COC(=O)c1ccc2[nH]c(Br)nc2c1C#N. The zero-order valence-electron chi connectivity index (χ0n) is 8.24. The number of carbonyl (C=O) groups excluding carboxylic acids is 1. The zero-order chi connectivity index (χ0) is 11.7. The van der Waals surface area contributed by atoms with Crippen molar-refractivity contribution in [1.29, 1.82) is 5.26 Å². The minimum absolute atomic E-state index is 0.214. The molecule has 0 amide bonds. The van der Waals surface area contributed by atoms with Crippen molar-refractivity contribution in [3.63, 3.8) is 0 Å². The molecule has 5 nitrogen and oxygen atoms in total. The molecule has 2 aromatic rings. The van der Waals surface area contributed by atoms with E-state index >= 15 is 0 Å². The lowest BCUT2D eigenvalue weighted by atomic mass is 10.1. The van der Waals surface area contributed by atoms with Crippen LogP contribution in [0.4, 0.5) is 0 Å². The third-order valence-electron chi connectivity index (χ3n) is 2.14. The lowest BCUT2D eigenvalue weighted by Gasteiger charge is -2.01. The maximum atomic E-state index is 11.4. The molecule has 16 heavy (non-hydrogen) atoms. The molecule has 1 aromatic heterocycles. The number of hydrogen-bond acceptors (Lipinski definition) is 4. The Balaban J connectivity index is 2.78. The number of halogens is 1. The van der Waals surface area contributed by atoms with Crippen molar-refractivity contribution < 1.29 is 9.53 Å². The molecule has 0 bridgehead atoms. The Morgan fingerprint density at radius 1 is 1.62 bits per heavy atom. The van der Waals surface area contributed by atoms with Gasteiger partial charge in [-0.2, -0.15) is 5.26 Å². The van der Waals surface area contributed by atoms with Gasteiger partial charge in [-0.3, -0.25) is 0 Å². The van der Waals surface area contributed by atoms with E-state index < -0.39 is 5.97 Å². The van der Waals surface area contributed by atoms with Crippen LogP contribution in [-0.2, 0) is 4.74 Å². The van der Waals surface area contributed by atoms with Gasteiger partial charge in [0, 0.05) is 0 Å². The summed E-state index contributed by atoms with van der Waals surface area (Å²) < 4.78 is 5.11. The second-order valence-electron chi connectivity index (χ2n) is 3.02. The summed E-state index contributed by atoms with van der Waals surface area (Å²) in [6, 6.07) is 5.18. The number of carbonyl (C=O) groups is 1. The quantitative estimate of drug-likeness (QED) is 0.810. The predicted octanol–water partition coefficient (Wildman–Crippen LogP) is 1.98. The molecule has 0 atom stereocenters. The fourth-order valence-electron chi connectivity index (χ4n) is 1.44. The first-order valence-electron chi connectivity index (χ1n) is 4.34. The lowest BCUT2D eigenvalue weighted by molar-refractivity contribution is 0.0600. The smallest absolute Gasteiger partial charge is 0.339 e. The number of aromatic amines is 1. The number of rotatable bonds is 1. The van der Waals surface area contributed by atoms with Gasteiger partial charge in [-0.05, 0) is 28.1 Å². The van der Waals surface area contributed by atoms with Crippen LogP contribution < -0.4 is 0 Å². The van der Waals surface area contributed by atoms with Crippen LogP contribution in [0.5, 0.6) is 0 Å². The average molecular weight is 280 g/mol. The van der Waals surface area contributed by atoms with E-state index in [2.05, 4.69) is 30.6 Å². The Labute approximate surface area is 99.2 Å². The van der Waals surface area contributed by atoms with Crippen molar-refractivity contribution in [2.24, 2.45) is 0 Å². The van der Waals surface area contributed by atoms with E-state index in [0.29, 0.717) is 15.8 Å². The second kappa shape index (κ2) is 3.94. The Hall–Kier alpha value is -1.87.